The van der Waals surface area contributed by atoms with Gasteiger partial charge in [-0.05, 0) is 12.5 Å². The normalized spacial score (nSPS) is 11.0. The molecular weight excluding hydrogens is 264 g/mol. The van der Waals surface area contributed by atoms with E-state index in [1.54, 1.807) is 25.2 Å². The number of carbonyl (C=O) groups excluding carboxylic acids is 1. The lowest BCUT2D eigenvalue weighted by Crippen LogP contribution is -2.21. The molecule has 2 heterocycles. The van der Waals surface area contributed by atoms with Crippen LogP contribution in [0.5, 0.6) is 0 Å². The van der Waals surface area contributed by atoms with Gasteiger partial charge in [-0.25, -0.2) is 9.97 Å². The summed E-state index contributed by atoms with van der Waals surface area (Å²) in [6.07, 6.45) is 8.88. The number of unbranched alkanes of at least 4 members (excludes halogenated alkanes) is 4. The lowest BCUT2D eigenvalue weighted by molar-refractivity contribution is 0.0823. The standard InChI is InChI=1S/C16H24N4O/c1-4-5-6-7-8-9-14-17-11-12-10-13(16(21)20(2)3)18-15(12)19-14/h10-11H,4-9H2,1-3H3,(H,17,18,19). The molecule has 0 saturated carbocycles. The fourth-order valence-electron chi connectivity index (χ4n) is 2.32. The minimum absolute atomic E-state index is 0.0471. The summed E-state index contributed by atoms with van der Waals surface area (Å²) in [5, 5.41) is 0.884. The molecule has 0 bridgehead atoms. The topological polar surface area (TPSA) is 61.9 Å². The predicted octanol–water partition coefficient (Wildman–Crippen LogP) is 3.17. The largest absolute Gasteiger partial charge is 0.344 e. The van der Waals surface area contributed by atoms with Crippen molar-refractivity contribution in [1.29, 1.82) is 0 Å². The maximum Gasteiger partial charge on any atom is 0.269 e. The summed E-state index contributed by atoms with van der Waals surface area (Å²) in [7, 11) is 3.47. The van der Waals surface area contributed by atoms with Crippen LogP contribution in [0.25, 0.3) is 11.0 Å². The number of aromatic nitrogens is 3. The summed E-state index contributed by atoms with van der Waals surface area (Å²) in [6, 6.07) is 1.81. The minimum Gasteiger partial charge on any atom is -0.344 e. The molecule has 0 fully saturated rings. The fraction of sp³-hybridized carbons (Fsp3) is 0.562. The second kappa shape index (κ2) is 7.20. The van der Waals surface area contributed by atoms with E-state index < -0.39 is 0 Å². The third kappa shape index (κ3) is 4.03. The zero-order valence-corrected chi connectivity index (χ0v) is 13.1. The van der Waals surface area contributed by atoms with Gasteiger partial charge in [-0.3, -0.25) is 4.79 Å². The van der Waals surface area contributed by atoms with Crippen LogP contribution in [0.4, 0.5) is 0 Å². The van der Waals surface area contributed by atoms with E-state index in [9.17, 15) is 4.79 Å². The van der Waals surface area contributed by atoms with E-state index in [1.165, 1.54) is 25.7 Å². The van der Waals surface area contributed by atoms with Gasteiger partial charge in [-0.15, -0.1) is 0 Å². The first-order chi connectivity index (χ1) is 10.1. The van der Waals surface area contributed by atoms with Gasteiger partial charge in [-0.1, -0.05) is 32.6 Å². The van der Waals surface area contributed by atoms with Crippen LogP contribution in [0.15, 0.2) is 12.3 Å². The first kappa shape index (κ1) is 15.5. The number of carbonyl (C=O) groups is 1. The van der Waals surface area contributed by atoms with Crippen LogP contribution < -0.4 is 0 Å². The summed E-state index contributed by atoms with van der Waals surface area (Å²) in [4.78, 5) is 25.5. The van der Waals surface area contributed by atoms with Gasteiger partial charge in [0.1, 0.15) is 17.2 Å². The molecule has 21 heavy (non-hydrogen) atoms. The van der Waals surface area contributed by atoms with Crippen LogP contribution in [0.1, 0.15) is 55.3 Å². The van der Waals surface area contributed by atoms with Crippen LogP contribution in [-0.2, 0) is 6.42 Å². The van der Waals surface area contributed by atoms with E-state index in [1.807, 2.05) is 6.07 Å². The molecule has 0 aliphatic carbocycles. The second-order valence-corrected chi connectivity index (χ2v) is 5.64. The first-order valence-corrected chi connectivity index (χ1v) is 7.68. The van der Waals surface area contributed by atoms with Crippen molar-refractivity contribution in [3.05, 3.63) is 23.8 Å². The molecule has 0 aliphatic rings. The molecule has 0 aromatic carbocycles. The van der Waals surface area contributed by atoms with Gasteiger partial charge in [0.15, 0.2) is 0 Å². The monoisotopic (exact) mass is 288 g/mol. The highest BCUT2D eigenvalue weighted by Gasteiger charge is 2.12. The van der Waals surface area contributed by atoms with Crippen LogP contribution in [0.2, 0.25) is 0 Å². The molecule has 1 N–H and O–H groups in total. The Hall–Kier alpha value is -1.91. The van der Waals surface area contributed by atoms with E-state index in [0.717, 1.165) is 29.7 Å². The number of aromatic amines is 1. The maximum atomic E-state index is 11.9. The minimum atomic E-state index is -0.0471. The van der Waals surface area contributed by atoms with Gasteiger partial charge in [0, 0.05) is 32.1 Å². The van der Waals surface area contributed by atoms with E-state index in [2.05, 4.69) is 21.9 Å². The summed E-state index contributed by atoms with van der Waals surface area (Å²) >= 11 is 0. The van der Waals surface area contributed by atoms with Crippen molar-refractivity contribution in [2.24, 2.45) is 0 Å². The highest BCUT2D eigenvalue weighted by Crippen LogP contribution is 2.14. The molecule has 114 valence electrons. The predicted molar refractivity (Wildman–Crippen MR) is 84.4 cm³/mol. The Balaban J connectivity index is 2.02. The van der Waals surface area contributed by atoms with Crippen LogP contribution in [-0.4, -0.2) is 39.9 Å². The van der Waals surface area contributed by atoms with Gasteiger partial charge in [0.25, 0.3) is 5.91 Å². The molecule has 0 spiro atoms. The molecule has 2 aromatic heterocycles. The number of fused-ring (bicyclic) bond motifs is 1. The van der Waals surface area contributed by atoms with Crippen molar-refractivity contribution >= 4 is 16.9 Å². The van der Waals surface area contributed by atoms with Crippen LogP contribution in [0, 0.1) is 0 Å². The quantitative estimate of drug-likeness (QED) is 0.796. The lowest BCUT2D eigenvalue weighted by Gasteiger charge is -2.07. The Labute approximate surface area is 125 Å². The zero-order valence-electron chi connectivity index (χ0n) is 13.1. The number of aryl methyl sites for hydroxylation is 1. The molecule has 0 saturated heterocycles. The summed E-state index contributed by atoms with van der Waals surface area (Å²) in [6.45, 7) is 2.22. The van der Waals surface area contributed by atoms with Crippen molar-refractivity contribution < 1.29 is 4.79 Å². The van der Waals surface area contributed by atoms with Crippen LogP contribution >= 0.6 is 0 Å². The Bertz CT molecular complexity index is 603. The summed E-state index contributed by atoms with van der Waals surface area (Å²) in [5.74, 6) is 0.804. The number of hydrogen-bond donors (Lipinski definition) is 1. The zero-order chi connectivity index (χ0) is 15.2. The Kier molecular flexibility index (Phi) is 5.31. The van der Waals surface area contributed by atoms with Crippen molar-refractivity contribution in [3.63, 3.8) is 0 Å². The Morgan fingerprint density at radius 2 is 2.00 bits per heavy atom. The van der Waals surface area contributed by atoms with Gasteiger partial charge in [-0.2, -0.15) is 0 Å². The molecule has 0 atom stereocenters. The Morgan fingerprint density at radius 1 is 1.24 bits per heavy atom. The molecule has 0 unspecified atom stereocenters. The average molecular weight is 288 g/mol. The van der Waals surface area contributed by atoms with E-state index in [4.69, 9.17) is 0 Å². The van der Waals surface area contributed by atoms with E-state index in [-0.39, 0.29) is 5.91 Å². The molecule has 0 aliphatic heterocycles. The van der Waals surface area contributed by atoms with Gasteiger partial charge < -0.3 is 9.88 Å². The molecule has 2 rings (SSSR count). The molecule has 1 amide bonds. The van der Waals surface area contributed by atoms with Crippen LogP contribution in [0.3, 0.4) is 0 Å². The molecular formula is C16H24N4O. The molecule has 5 heteroatoms. The molecule has 5 nitrogen and oxygen atoms in total. The number of hydrogen-bond acceptors (Lipinski definition) is 3. The van der Waals surface area contributed by atoms with Crippen molar-refractivity contribution in [3.8, 4) is 0 Å². The molecule has 2 aromatic rings. The van der Waals surface area contributed by atoms with E-state index in [0.29, 0.717) is 5.69 Å². The summed E-state index contributed by atoms with van der Waals surface area (Å²) < 4.78 is 0. The second-order valence-electron chi connectivity index (χ2n) is 5.64. The number of H-pyrrole nitrogens is 1. The number of nitrogens with zero attached hydrogens (tertiary/aromatic N) is 3. The maximum absolute atomic E-state index is 11.9. The number of nitrogens with one attached hydrogen (secondary N) is 1. The molecule has 0 radical (unpaired) electrons. The van der Waals surface area contributed by atoms with Gasteiger partial charge in [0.05, 0.1) is 0 Å². The third-order valence-corrected chi connectivity index (χ3v) is 3.56. The highest BCUT2D eigenvalue weighted by atomic mass is 16.2. The van der Waals surface area contributed by atoms with Crippen molar-refractivity contribution in [2.45, 2.75) is 45.4 Å². The lowest BCUT2D eigenvalue weighted by atomic mass is 10.1. The Morgan fingerprint density at radius 3 is 2.71 bits per heavy atom. The smallest absolute Gasteiger partial charge is 0.269 e. The van der Waals surface area contributed by atoms with Gasteiger partial charge >= 0.3 is 0 Å². The SMILES string of the molecule is CCCCCCCc1ncc2cc(C(=O)N(C)C)[nH]c2n1. The van der Waals surface area contributed by atoms with Crippen molar-refractivity contribution in [2.75, 3.05) is 14.1 Å². The van der Waals surface area contributed by atoms with E-state index >= 15 is 0 Å². The number of amides is 1. The summed E-state index contributed by atoms with van der Waals surface area (Å²) in [5.41, 5.74) is 1.31. The van der Waals surface area contributed by atoms with Gasteiger partial charge in [0.2, 0.25) is 0 Å². The first-order valence-electron chi connectivity index (χ1n) is 7.68. The third-order valence-electron chi connectivity index (χ3n) is 3.56. The number of rotatable bonds is 7. The average Bonchev–Trinajstić information content (AvgIpc) is 2.89. The highest BCUT2D eigenvalue weighted by molar-refractivity contribution is 5.96. The van der Waals surface area contributed by atoms with Crippen molar-refractivity contribution in [1.82, 2.24) is 19.9 Å². The fourth-order valence-corrected chi connectivity index (χ4v) is 2.32.